The van der Waals surface area contributed by atoms with Gasteiger partial charge in [0.15, 0.2) is 5.75 Å². The van der Waals surface area contributed by atoms with Gasteiger partial charge in [0.05, 0.1) is 11.3 Å². The zero-order valence-corrected chi connectivity index (χ0v) is 13.6. The Morgan fingerprint density at radius 1 is 1.25 bits per heavy atom. The molecule has 0 atom stereocenters. The van der Waals surface area contributed by atoms with E-state index >= 15 is 0 Å². The number of nitrogens with one attached hydrogen (secondary N) is 2. The van der Waals surface area contributed by atoms with Crippen LogP contribution in [0.1, 0.15) is 17.3 Å². The lowest BCUT2D eigenvalue weighted by atomic mass is 10.1. The molecule has 0 aromatic heterocycles. The first-order valence-electron chi connectivity index (χ1n) is 7.37. The van der Waals surface area contributed by atoms with E-state index in [1.54, 1.807) is 43.3 Å². The van der Waals surface area contributed by atoms with Crippen molar-refractivity contribution in [2.45, 2.75) is 6.92 Å². The fourth-order valence-corrected chi connectivity index (χ4v) is 2.44. The largest absolute Gasteiger partial charge is 0.454 e. The highest BCUT2D eigenvalue weighted by atomic mass is 35.5. The third kappa shape index (κ3) is 3.50. The molecule has 6 nitrogen and oxygen atoms in total. The average Bonchev–Trinajstić information content (AvgIpc) is 2.69. The number of hydrogen-bond donors (Lipinski definition) is 2. The molecule has 1 heterocycles. The molecule has 2 aromatic rings. The van der Waals surface area contributed by atoms with E-state index in [0.29, 0.717) is 40.1 Å². The van der Waals surface area contributed by atoms with Crippen molar-refractivity contribution < 1.29 is 19.1 Å². The molecule has 0 unspecified atom stereocenters. The van der Waals surface area contributed by atoms with Gasteiger partial charge in [-0.3, -0.25) is 9.59 Å². The molecule has 24 heavy (non-hydrogen) atoms. The summed E-state index contributed by atoms with van der Waals surface area (Å²) in [5.74, 6) is 0.268. The lowest BCUT2D eigenvalue weighted by molar-refractivity contribution is -0.120. The van der Waals surface area contributed by atoms with Gasteiger partial charge in [-0.25, -0.2) is 0 Å². The molecule has 3 rings (SSSR count). The highest BCUT2D eigenvalue weighted by molar-refractivity contribution is 6.31. The lowest BCUT2D eigenvalue weighted by Gasteiger charge is -2.10. The van der Waals surface area contributed by atoms with Crippen LogP contribution in [0, 0.1) is 0 Å². The molecule has 1 aliphatic heterocycles. The van der Waals surface area contributed by atoms with Crippen LogP contribution in [-0.4, -0.2) is 25.0 Å². The summed E-state index contributed by atoms with van der Waals surface area (Å²) in [5.41, 5.74) is 1.29. The van der Waals surface area contributed by atoms with E-state index in [9.17, 15) is 9.59 Å². The monoisotopic (exact) mass is 346 g/mol. The Morgan fingerprint density at radius 3 is 2.83 bits per heavy atom. The normalized spacial score (nSPS) is 12.3. The Balaban J connectivity index is 1.86. The van der Waals surface area contributed by atoms with Gasteiger partial charge < -0.3 is 20.1 Å². The summed E-state index contributed by atoms with van der Waals surface area (Å²) in [6.45, 7) is 2.22. The molecule has 1 aliphatic rings. The number of anilines is 2. The van der Waals surface area contributed by atoms with Crippen LogP contribution in [0.15, 0.2) is 36.4 Å². The Morgan fingerprint density at radius 2 is 2.04 bits per heavy atom. The minimum atomic E-state index is -0.341. The second-order valence-electron chi connectivity index (χ2n) is 5.09. The quantitative estimate of drug-likeness (QED) is 0.885. The third-order valence-electron chi connectivity index (χ3n) is 3.35. The van der Waals surface area contributed by atoms with E-state index in [1.807, 2.05) is 0 Å². The minimum Gasteiger partial charge on any atom is -0.454 e. The van der Waals surface area contributed by atoms with E-state index in [-0.39, 0.29) is 18.4 Å². The molecule has 0 spiro atoms. The van der Waals surface area contributed by atoms with Gasteiger partial charge in [-0.2, -0.15) is 0 Å². The van der Waals surface area contributed by atoms with Crippen LogP contribution in [0.5, 0.6) is 11.5 Å². The lowest BCUT2D eigenvalue weighted by Crippen LogP contribution is -2.18. The number of rotatable bonds is 4. The molecule has 2 N–H and O–H groups in total. The maximum Gasteiger partial charge on any atom is 0.259 e. The van der Waals surface area contributed by atoms with Crippen molar-refractivity contribution in [2.24, 2.45) is 0 Å². The van der Waals surface area contributed by atoms with Crippen molar-refractivity contribution in [3.05, 3.63) is 47.0 Å². The molecule has 0 saturated heterocycles. The highest BCUT2D eigenvalue weighted by Crippen LogP contribution is 2.37. The maximum absolute atomic E-state index is 12.4. The number of carbonyl (C=O) groups is 2. The number of benzene rings is 2. The van der Waals surface area contributed by atoms with Crippen molar-refractivity contribution in [3.8, 4) is 11.5 Å². The summed E-state index contributed by atoms with van der Waals surface area (Å²) in [7, 11) is 0. The van der Waals surface area contributed by atoms with Gasteiger partial charge in [-0.1, -0.05) is 11.6 Å². The molecule has 0 radical (unpaired) electrons. The SMILES string of the molecule is CCOCC(=O)Nc1ccc2c(c1)C(=O)Nc1cc(Cl)ccc1O2. The van der Waals surface area contributed by atoms with Crippen LogP contribution in [0.25, 0.3) is 0 Å². The summed E-state index contributed by atoms with van der Waals surface area (Å²) in [5, 5.41) is 5.92. The Hall–Kier alpha value is -2.57. The van der Waals surface area contributed by atoms with Gasteiger partial charge in [-0.05, 0) is 43.3 Å². The number of halogens is 1. The van der Waals surface area contributed by atoms with E-state index < -0.39 is 0 Å². The zero-order chi connectivity index (χ0) is 17.1. The summed E-state index contributed by atoms with van der Waals surface area (Å²) >= 11 is 5.95. The number of amides is 2. The number of ether oxygens (including phenoxy) is 2. The van der Waals surface area contributed by atoms with Crippen LogP contribution in [0.2, 0.25) is 5.02 Å². The van der Waals surface area contributed by atoms with Gasteiger partial charge in [0.2, 0.25) is 5.91 Å². The summed E-state index contributed by atoms with van der Waals surface area (Å²) in [6, 6.07) is 9.84. The second-order valence-corrected chi connectivity index (χ2v) is 5.53. The first-order valence-corrected chi connectivity index (χ1v) is 7.75. The highest BCUT2D eigenvalue weighted by Gasteiger charge is 2.21. The molecule has 7 heteroatoms. The van der Waals surface area contributed by atoms with Crippen LogP contribution in [0.4, 0.5) is 11.4 Å². The molecule has 0 aliphatic carbocycles. The first kappa shape index (κ1) is 16.3. The van der Waals surface area contributed by atoms with Crippen molar-refractivity contribution in [1.82, 2.24) is 0 Å². The standard InChI is InChI=1S/C17H15ClN2O4/c1-2-23-9-16(21)19-11-4-6-14-12(8-11)17(22)20-13-7-10(18)3-5-15(13)24-14/h3-8H,2,9H2,1H3,(H,19,21)(H,20,22). The second kappa shape index (κ2) is 6.90. The van der Waals surface area contributed by atoms with Crippen LogP contribution in [-0.2, 0) is 9.53 Å². The Labute approximate surface area is 143 Å². The molecule has 0 saturated carbocycles. The predicted molar refractivity (Wildman–Crippen MR) is 91.0 cm³/mol. The fourth-order valence-electron chi connectivity index (χ4n) is 2.26. The van der Waals surface area contributed by atoms with E-state index in [2.05, 4.69) is 10.6 Å². The minimum absolute atomic E-state index is 0.0414. The number of fused-ring (bicyclic) bond motifs is 2. The fraction of sp³-hybridized carbons (Fsp3) is 0.176. The molecule has 2 amide bonds. The average molecular weight is 347 g/mol. The summed E-state index contributed by atoms with van der Waals surface area (Å²) in [4.78, 5) is 24.1. The van der Waals surface area contributed by atoms with Crippen molar-refractivity contribution in [3.63, 3.8) is 0 Å². The molecule has 0 bridgehead atoms. The first-order chi connectivity index (χ1) is 11.6. The smallest absolute Gasteiger partial charge is 0.259 e. The van der Waals surface area contributed by atoms with E-state index in [1.165, 1.54) is 0 Å². The van der Waals surface area contributed by atoms with Crippen molar-refractivity contribution >= 4 is 34.8 Å². The van der Waals surface area contributed by atoms with Gasteiger partial charge in [-0.15, -0.1) is 0 Å². The maximum atomic E-state index is 12.4. The molecular formula is C17H15ClN2O4. The van der Waals surface area contributed by atoms with E-state index in [4.69, 9.17) is 21.1 Å². The molecule has 124 valence electrons. The summed E-state index contributed by atoms with van der Waals surface area (Å²) < 4.78 is 10.8. The number of hydrogen-bond acceptors (Lipinski definition) is 4. The van der Waals surface area contributed by atoms with Crippen molar-refractivity contribution in [2.75, 3.05) is 23.8 Å². The van der Waals surface area contributed by atoms with Crippen molar-refractivity contribution in [1.29, 1.82) is 0 Å². The van der Waals surface area contributed by atoms with Crippen LogP contribution >= 0.6 is 11.6 Å². The molecule has 0 fully saturated rings. The zero-order valence-electron chi connectivity index (χ0n) is 12.9. The van der Waals surface area contributed by atoms with Gasteiger partial charge in [0, 0.05) is 17.3 Å². The van der Waals surface area contributed by atoms with E-state index in [0.717, 1.165) is 0 Å². The molecule has 2 aromatic carbocycles. The number of carbonyl (C=O) groups excluding carboxylic acids is 2. The van der Waals surface area contributed by atoms with Crippen LogP contribution < -0.4 is 15.4 Å². The topological polar surface area (TPSA) is 76.7 Å². The van der Waals surface area contributed by atoms with Gasteiger partial charge in [0.25, 0.3) is 5.91 Å². The van der Waals surface area contributed by atoms with Gasteiger partial charge in [0.1, 0.15) is 12.4 Å². The molecular weight excluding hydrogens is 332 g/mol. The Bertz CT molecular complexity index is 807. The predicted octanol–water partition coefficient (Wildman–Crippen LogP) is 3.67. The third-order valence-corrected chi connectivity index (χ3v) is 3.59. The van der Waals surface area contributed by atoms with Gasteiger partial charge >= 0.3 is 0 Å². The Kier molecular flexibility index (Phi) is 4.69. The summed E-state index contributed by atoms with van der Waals surface area (Å²) in [6.07, 6.45) is 0. The van der Waals surface area contributed by atoms with Crippen LogP contribution in [0.3, 0.4) is 0 Å².